The van der Waals surface area contributed by atoms with Crippen molar-refractivity contribution >= 4 is 6.47 Å². The molecular weight excluding hydrogens is 219 g/mol. The second-order valence-electron chi connectivity index (χ2n) is 2.87. The van der Waals surface area contributed by atoms with Crippen LogP contribution in [-0.2, 0) is 16.0 Å². The number of hydrogen-bond acceptors (Lipinski definition) is 3. The Morgan fingerprint density at radius 3 is 2.88 bits per heavy atom. The van der Waals surface area contributed by atoms with Crippen molar-refractivity contribution in [3.63, 3.8) is 0 Å². The summed E-state index contributed by atoms with van der Waals surface area (Å²) in [5.74, 6) is 0.965. The van der Waals surface area contributed by atoms with E-state index in [0.717, 1.165) is 24.3 Å². The van der Waals surface area contributed by atoms with Crippen molar-refractivity contribution in [1.82, 2.24) is 0 Å². The van der Waals surface area contributed by atoms with Crippen molar-refractivity contribution in [1.29, 1.82) is 0 Å². The summed E-state index contributed by atoms with van der Waals surface area (Å²) < 4.78 is 10.5. The predicted molar refractivity (Wildman–Crippen MR) is 54.7 cm³/mol. The Morgan fingerprint density at radius 2 is 2.25 bits per heavy atom. The number of rotatable bonds is 1. The molecule has 0 aliphatic carbocycles. The van der Waals surface area contributed by atoms with E-state index in [-0.39, 0.29) is 36.0 Å². The van der Waals surface area contributed by atoms with Gasteiger partial charge in [-0.3, -0.25) is 4.79 Å². The molecule has 4 nitrogen and oxygen atoms in total. The van der Waals surface area contributed by atoms with E-state index < -0.39 is 0 Å². The molecule has 2 rings (SSSR count). The standard InChI is InChI=1S/C10H11O2.CH2O2.Na/c1-11-10-4-2-3-8-7-12-6-5-9(8)10;2-1-3;/h2-4,7H,5-6H2,1H3;1H,(H,2,3);/q-1;;+1. The molecule has 5 heteroatoms. The van der Waals surface area contributed by atoms with Gasteiger partial charge < -0.3 is 14.6 Å². The van der Waals surface area contributed by atoms with Crippen molar-refractivity contribution in [3.05, 3.63) is 35.9 Å². The van der Waals surface area contributed by atoms with E-state index in [1.165, 1.54) is 5.56 Å². The summed E-state index contributed by atoms with van der Waals surface area (Å²) in [6, 6.07) is 6.00. The Labute approximate surface area is 117 Å². The summed E-state index contributed by atoms with van der Waals surface area (Å²) in [5, 5.41) is 6.89. The van der Waals surface area contributed by atoms with Crippen molar-refractivity contribution in [2.45, 2.75) is 6.42 Å². The van der Waals surface area contributed by atoms with Crippen LogP contribution < -0.4 is 34.3 Å². The molecule has 1 aliphatic rings. The molecule has 0 atom stereocenters. The van der Waals surface area contributed by atoms with Gasteiger partial charge in [0.2, 0.25) is 0 Å². The van der Waals surface area contributed by atoms with E-state index in [1.54, 1.807) is 13.7 Å². The van der Waals surface area contributed by atoms with Gasteiger partial charge in [-0.2, -0.15) is 11.6 Å². The SMILES string of the molecule is COc1cccc2c1CCO[CH-]2.O=CO.[Na+]. The second kappa shape index (κ2) is 8.47. The molecule has 1 N–H and O–H groups in total. The maximum atomic E-state index is 8.36. The molecular formula is C11H13NaO4. The van der Waals surface area contributed by atoms with Crippen LogP contribution in [0, 0.1) is 6.61 Å². The Kier molecular flexibility index (Phi) is 8.11. The molecule has 0 unspecified atom stereocenters. The average Bonchev–Trinajstić information content (AvgIpc) is 2.29. The zero-order chi connectivity index (χ0) is 11.1. The van der Waals surface area contributed by atoms with Crippen LogP contribution in [0.1, 0.15) is 11.1 Å². The van der Waals surface area contributed by atoms with Crippen molar-refractivity contribution < 1.29 is 48.9 Å². The molecule has 0 amide bonds. The van der Waals surface area contributed by atoms with Gasteiger partial charge in [-0.1, -0.05) is 6.61 Å². The van der Waals surface area contributed by atoms with Crippen LogP contribution in [0.4, 0.5) is 0 Å². The summed E-state index contributed by atoms with van der Waals surface area (Å²) in [6.07, 6.45) is 0.940. The Balaban J connectivity index is 0.000000511. The number of benzene rings is 1. The van der Waals surface area contributed by atoms with Gasteiger partial charge in [0, 0.05) is 6.61 Å². The van der Waals surface area contributed by atoms with E-state index in [2.05, 4.69) is 0 Å². The summed E-state index contributed by atoms with van der Waals surface area (Å²) in [6.45, 7) is 2.30. The van der Waals surface area contributed by atoms with Crippen molar-refractivity contribution in [3.8, 4) is 5.75 Å². The van der Waals surface area contributed by atoms with E-state index in [4.69, 9.17) is 19.4 Å². The Hall–Kier alpha value is -0.680. The molecule has 1 aliphatic heterocycles. The Bertz CT molecular complexity index is 314. The maximum Gasteiger partial charge on any atom is 1.00 e. The fourth-order valence-electron chi connectivity index (χ4n) is 1.46. The first-order chi connectivity index (χ1) is 7.33. The van der Waals surface area contributed by atoms with Gasteiger partial charge in [-0.15, -0.1) is 11.6 Å². The van der Waals surface area contributed by atoms with E-state index in [9.17, 15) is 0 Å². The number of hydrogen-bond donors (Lipinski definition) is 1. The average molecular weight is 232 g/mol. The smallest absolute Gasteiger partial charge is 0.509 e. The third kappa shape index (κ3) is 4.06. The van der Waals surface area contributed by atoms with Crippen LogP contribution in [0.2, 0.25) is 0 Å². The largest absolute Gasteiger partial charge is 1.00 e. The molecule has 0 bridgehead atoms. The van der Waals surface area contributed by atoms with Gasteiger partial charge in [0.05, 0.1) is 12.9 Å². The van der Waals surface area contributed by atoms with Crippen LogP contribution in [0.3, 0.4) is 0 Å². The summed E-state index contributed by atoms with van der Waals surface area (Å²) >= 11 is 0. The topological polar surface area (TPSA) is 55.8 Å². The molecule has 0 spiro atoms. The summed E-state index contributed by atoms with van der Waals surface area (Å²) in [7, 11) is 1.70. The van der Waals surface area contributed by atoms with Gasteiger partial charge in [0.25, 0.3) is 6.47 Å². The van der Waals surface area contributed by atoms with Gasteiger partial charge >= 0.3 is 29.6 Å². The molecule has 0 radical (unpaired) electrons. The number of methoxy groups -OCH3 is 1. The van der Waals surface area contributed by atoms with E-state index in [0.29, 0.717) is 0 Å². The zero-order valence-corrected chi connectivity index (χ0v) is 11.5. The van der Waals surface area contributed by atoms with Crippen LogP contribution >= 0.6 is 0 Å². The summed E-state index contributed by atoms with van der Waals surface area (Å²) in [4.78, 5) is 8.36. The molecule has 1 heterocycles. The first-order valence-corrected chi connectivity index (χ1v) is 4.52. The minimum Gasteiger partial charge on any atom is -0.509 e. The number of carboxylic acid groups (broad SMARTS) is 1. The van der Waals surface area contributed by atoms with Gasteiger partial charge in [0.1, 0.15) is 0 Å². The van der Waals surface area contributed by atoms with Gasteiger partial charge in [-0.25, -0.2) is 0 Å². The molecule has 1 aromatic rings. The van der Waals surface area contributed by atoms with Crippen LogP contribution in [0.5, 0.6) is 5.75 Å². The van der Waals surface area contributed by atoms with E-state index >= 15 is 0 Å². The monoisotopic (exact) mass is 232 g/mol. The molecule has 0 saturated carbocycles. The fraction of sp³-hybridized carbons (Fsp3) is 0.273. The van der Waals surface area contributed by atoms with Crippen molar-refractivity contribution in [2.24, 2.45) is 0 Å². The first kappa shape index (κ1) is 15.3. The molecule has 82 valence electrons. The number of carbonyl (C=O) groups is 1. The van der Waals surface area contributed by atoms with Crippen LogP contribution in [-0.4, -0.2) is 25.3 Å². The van der Waals surface area contributed by atoms with Crippen LogP contribution in [0.15, 0.2) is 18.2 Å². The minimum absolute atomic E-state index is 0. The fourth-order valence-corrected chi connectivity index (χ4v) is 1.46. The van der Waals surface area contributed by atoms with Gasteiger partial charge in [-0.05, 0) is 12.5 Å². The molecule has 16 heavy (non-hydrogen) atoms. The zero-order valence-electron chi connectivity index (χ0n) is 9.47. The van der Waals surface area contributed by atoms with E-state index in [1.807, 2.05) is 18.2 Å². The Morgan fingerprint density at radius 1 is 1.56 bits per heavy atom. The molecule has 0 fully saturated rings. The third-order valence-corrected chi connectivity index (χ3v) is 2.07. The molecule has 0 aromatic heterocycles. The maximum absolute atomic E-state index is 8.36. The predicted octanol–water partition coefficient (Wildman–Crippen LogP) is -1.52. The van der Waals surface area contributed by atoms with Crippen molar-refractivity contribution in [2.75, 3.05) is 13.7 Å². The first-order valence-electron chi connectivity index (χ1n) is 4.52. The quantitative estimate of drug-likeness (QED) is 0.363. The molecule has 1 aromatic carbocycles. The minimum atomic E-state index is -0.250. The normalized spacial score (nSPS) is 11.8. The number of ether oxygens (including phenoxy) is 2. The second-order valence-corrected chi connectivity index (χ2v) is 2.87. The summed E-state index contributed by atoms with van der Waals surface area (Å²) in [5.41, 5.74) is 2.40. The third-order valence-electron chi connectivity index (χ3n) is 2.07. The molecule has 0 saturated heterocycles. The van der Waals surface area contributed by atoms with Crippen LogP contribution in [0.25, 0.3) is 0 Å². The van der Waals surface area contributed by atoms with Gasteiger partial charge in [0.15, 0.2) is 0 Å². The number of fused-ring (bicyclic) bond motifs is 1.